The first kappa shape index (κ1) is 23.1. The van der Waals surface area contributed by atoms with E-state index in [0.29, 0.717) is 0 Å². The lowest BCUT2D eigenvalue weighted by molar-refractivity contribution is -0.668. The van der Waals surface area contributed by atoms with E-state index in [0.717, 1.165) is 25.9 Å². The van der Waals surface area contributed by atoms with Crippen LogP contribution in [0.25, 0.3) is 16.3 Å². The molecule has 0 bridgehead atoms. The number of para-hydroxylation sites is 2. The summed E-state index contributed by atoms with van der Waals surface area (Å²) in [5.74, 6) is 0. The van der Waals surface area contributed by atoms with E-state index in [2.05, 4.69) is 102 Å². The number of rotatable bonds is 7. The van der Waals surface area contributed by atoms with Crippen molar-refractivity contribution in [1.82, 2.24) is 0 Å². The van der Waals surface area contributed by atoms with Crippen LogP contribution in [0, 0.1) is 0 Å². The Hall–Kier alpha value is -1.57. The van der Waals surface area contributed by atoms with Crippen molar-refractivity contribution >= 4 is 69.1 Å². The summed E-state index contributed by atoms with van der Waals surface area (Å²) in [6, 6.07) is 17.3. The maximum Gasteiger partial charge on any atom is 0.262 e. The Balaban J connectivity index is 0.00000256. The molecule has 3 aromatic rings. The van der Waals surface area contributed by atoms with Gasteiger partial charge in [0.15, 0.2) is 0 Å². The topological polar surface area (TPSA) is 7.12 Å². The van der Waals surface area contributed by atoms with Crippen LogP contribution in [-0.4, -0.2) is 6.54 Å². The molecule has 2 heterocycles. The smallest absolute Gasteiger partial charge is 0.262 e. The lowest BCUT2D eigenvalue weighted by Crippen LogP contribution is -2.34. The van der Waals surface area contributed by atoms with Crippen molar-refractivity contribution in [2.75, 3.05) is 11.4 Å². The van der Waals surface area contributed by atoms with Crippen molar-refractivity contribution in [1.29, 1.82) is 0 Å². The summed E-state index contributed by atoms with van der Waals surface area (Å²) >= 11 is 3.72. The quantitative estimate of drug-likeness (QED) is 0.170. The van der Waals surface area contributed by atoms with Gasteiger partial charge in [0, 0.05) is 30.0 Å². The third-order valence-corrected chi connectivity index (χ3v) is 7.13. The van der Waals surface area contributed by atoms with E-state index in [-0.39, 0.29) is 24.0 Å². The highest BCUT2D eigenvalue weighted by molar-refractivity contribution is 14.0. The number of allylic oxidation sites excluding steroid dienone is 4. The summed E-state index contributed by atoms with van der Waals surface area (Å²) in [7, 11) is 0. The molecule has 0 atom stereocenters. The van der Waals surface area contributed by atoms with E-state index in [9.17, 15) is 0 Å². The van der Waals surface area contributed by atoms with Crippen LogP contribution in [0.4, 0.5) is 5.69 Å². The second-order valence-electron chi connectivity index (χ2n) is 7.03. The molecule has 0 N–H and O–H groups in total. The zero-order chi connectivity index (χ0) is 20.1. The fraction of sp³-hybridized carbons (Fsp3) is 0.240. The van der Waals surface area contributed by atoms with Crippen LogP contribution in [0.3, 0.4) is 0 Å². The lowest BCUT2D eigenvalue weighted by Gasteiger charge is -2.19. The molecule has 0 saturated heterocycles. The van der Waals surface area contributed by atoms with Gasteiger partial charge < -0.3 is 4.90 Å². The summed E-state index contributed by atoms with van der Waals surface area (Å²) in [5, 5.41) is 2.61. The minimum atomic E-state index is 0. The molecule has 2 aromatic carbocycles. The number of thioether (sulfide) groups is 1. The van der Waals surface area contributed by atoms with Gasteiger partial charge in [0.25, 0.3) is 5.01 Å². The largest absolute Gasteiger partial charge is 0.335 e. The Labute approximate surface area is 205 Å². The van der Waals surface area contributed by atoms with Crippen molar-refractivity contribution in [3.05, 3.63) is 82.9 Å². The Kier molecular flexibility index (Phi) is 8.60. The Morgan fingerprint density at radius 2 is 1.73 bits per heavy atom. The van der Waals surface area contributed by atoms with Crippen molar-refractivity contribution in [2.45, 2.75) is 38.1 Å². The van der Waals surface area contributed by atoms with Crippen LogP contribution in [0.15, 0.2) is 82.8 Å². The predicted molar refractivity (Wildman–Crippen MR) is 144 cm³/mol. The molecule has 4 rings (SSSR count). The fourth-order valence-electron chi connectivity index (χ4n) is 3.60. The van der Waals surface area contributed by atoms with Crippen LogP contribution < -0.4 is 9.47 Å². The summed E-state index contributed by atoms with van der Waals surface area (Å²) in [6.45, 7) is 6.58. The SMILES string of the molecule is CCCN1/C(=C/C=C/C=C/c2sc3ccccc3[n+]2CCC)Sc2ccccc21.I. The van der Waals surface area contributed by atoms with Gasteiger partial charge in [-0.1, -0.05) is 79.4 Å². The van der Waals surface area contributed by atoms with E-state index in [4.69, 9.17) is 0 Å². The highest BCUT2D eigenvalue weighted by atomic mass is 127. The number of aryl methyl sites for hydroxylation is 1. The normalized spacial score (nSPS) is 14.9. The second kappa shape index (κ2) is 11.2. The van der Waals surface area contributed by atoms with Gasteiger partial charge in [-0.2, -0.15) is 4.57 Å². The van der Waals surface area contributed by atoms with Gasteiger partial charge in [-0.25, -0.2) is 0 Å². The van der Waals surface area contributed by atoms with Gasteiger partial charge in [-0.05, 0) is 30.7 Å². The molecule has 0 amide bonds. The number of aromatic nitrogens is 1. The Morgan fingerprint density at radius 1 is 0.933 bits per heavy atom. The number of hydrogen-bond acceptors (Lipinski definition) is 3. The first-order valence-electron chi connectivity index (χ1n) is 10.3. The summed E-state index contributed by atoms with van der Waals surface area (Å²) in [4.78, 5) is 3.77. The zero-order valence-electron chi connectivity index (χ0n) is 17.5. The molecule has 0 spiro atoms. The van der Waals surface area contributed by atoms with Crippen LogP contribution in [-0.2, 0) is 6.54 Å². The first-order valence-corrected chi connectivity index (χ1v) is 12.0. The van der Waals surface area contributed by atoms with E-state index < -0.39 is 0 Å². The number of fused-ring (bicyclic) bond motifs is 2. The summed E-state index contributed by atoms with van der Waals surface area (Å²) < 4.78 is 3.77. The van der Waals surface area contributed by atoms with E-state index >= 15 is 0 Å². The van der Waals surface area contributed by atoms with Crippen LogP contribution in [0.5, 0.6) is 0 Å². The van der Waals surface area contributed by atoms with Crippen molar-refractivity contribution < 1.29 is 4.57 Å². The van der Waals surface area contributed by atoms with Gasteiger partial charge in [0.05, 0.1) is 10.7 Å². The molecule has 5 heteroatoms. The Bertz CT molecular complexity index is 1080. The van der Waals surface area contributed by atoms with Gasteiger partial charge in [0.1, 0.15) is 11.2 Å². The van der Waals surface area contributed by atoms with Gasteiger partial charge >= 0.3 is 0 Å². The number of halogens is 1. The third-order valence-electron chi connectivity index (χ3n) is 4.87. The predicted octanol–water partition coefficient (Wildman–Crippen LogP) is 7.65. The summed E-state index contributed by atoms with van der Waals surface area (Å²) in [6.07, 6.45) is 13.2. The van der Waals surface area contributed by atoms with Crippen molar-refractivity contribution in [2.24, 2.45) is 0 Å². The molecule has 0 fully saturated rings. The molecule has 0 unspecified atom stereocenters. The second-order valence-corrected chi connectivity index (χ2v) is 9.15. The molecule has 30 heavy (non-hydrogen) atoms. The van der Waals surface area contributed by atoms with Crippen LogP contribution in [0.1, 0.15) is 31.7 Å². The third kappa shape index (κ3) is 5.01. The lowest BCUT2D eigenvalue weighted by atomic mass is 10.3. The average Bonchev–Trinajstić information content (AvgIpc) is 3.27. The number of thiazole rings is 1. The fourth-order valence-corrected chi connectivity index (χ4v) is 5.80. The molecule has 0 aliphatic carbocycles. The molecule has 1 aromatic heterocycles. The molecule has 2 nitrogen and oxygen atoms in total. The van der Waals surface area contributed by atoms with E-state index in [1.165, 1.54) is 30.8 Å². The van der Waals surface area contributed by atoms with E-state index in [1.807, 2.05) is 23.1 Å². The molecule has 0 saturated carbocycles. The molecule has 156 valence electrons. The summed E-state index contributed by atoms with van der Waals surface area (Å²) in [5.41, 5.74) is 2.67. The molecular weight excluding hydrogens is 519 g/mol. The van der Waals surface area contributed by atoms with Crippen molar-refractivity contribution in [3.8, 4) is 0 Å². The standard InChI is InChI=1S/C25H27N2S2.HI/c1-3-18-26-20-12-8-10-14-22(20)28-24(26)16-6-5-7-17-25-27(19-4-2)21-13-9-11-15-23(21)29-25;/h5-17H,3-4,18-19H2,1-2H3;1H/q+1;. The van der Waals surface area contributed by atoms with Gasteiger partial charge in [-0.15, -0.1) is 24.0 Å². The van der Waals surface area contributed by atoms with Crippen LogP contribution >= 0.6 is 47.1 Å². The number of hydrogen-bond donors (Lipinski definition) is 0. The molecular formula is C25H28IN2S2+. The van der Waals surface area contributed by atoms with Crippen LogP contribution in [0.2, 0.25) is 0 Å². The number of anilines is 1. The maximum atomic E-state index is 2.43. The first-order chi connectivity index (χ1) is 14.3. The highest BCUT2D eigenvalue weighted by Gasteiger charge is 2.23. The number of benzene rings is 2. The minimum absolute atomic E-state index is 0. The van der Waals surface area contributed by atoms with E-state index in [1.54, 1.807) is 0 Å². The average molecular weight is 548 g/mol. The number of nitrogens with zero attached hydrogens (tertiary/aromatic N) is 2. The van der Waals surface area contributed by atoms with Gasteiger partial charge in [-0.3, -0.25) is 0 Å². The minimum Gasteiger partial charge on any atom is -0.335 e. The monoisotopic (exact) mass is 547 g/mol. The molecule has 0 radical (unpaired) electrons. The molecule has 1 aliphatic rings. The zero-order valence-corrected chi connectivity index (χ0v) is 21.4. The van der Waals surface area contributed by atoms with Crippen molar-refractivity contribution in [3.63, 3.8) is 0 Å². The maximum absolute atomic E-state index is 2.43. The van der Waals surface area contributed by atoms with Gasteiger partial charge in [0.2, 0.25) is 5.52 Å². The molecule has 1 aliphatic heterocycles. The Morgan fingerprint density at radius 3 is 2.57 bits per heavy atom. The highest BCUT2D eigenvalue weighted by Crippen LogP contribution is 2.45.